The second-order valence-electron chi connectivity index (χ2n) is 7.78. The summed E-state index contributed by atoms with van der Waals surface area (Å²) in [7, 11) is 0. The first-order valence-corrected chi connectivity index (χ1v) is 10.2. The van der Waals surface area contributed by atoms with Gasteiger partial charge in [-0.05, 0) is 37.5 Å². The van der Waals surface area contributed by atoms with Gasteiger partial charge in [-0.3, -0.25) is 19.4 Å². The van der Waals surface area contributed by atoms with Crippen molar-refractivity contribution in [1.29, 1.82) is 0 Å². The zero-order chi connectivity index (χ0) is 18.5. The van der Waals surface area contributed by atoms with E-state index in [1.54, 1.807) is 0 Å². The number of aromatic nitrogens is 3. The van der Waals surface area contributed by atoms with Crippen LogP contribution in [0, 0.1) is 0 Å². The largest absolute Gasteiger partial charge is 0.353 e. The minimum Gasteiger partial charge on any atom is -0.353 e. The molecule has 1 amide bonds. The summed E-state index contributed by atoms with van der Waals surface area (Å²) in [5, 5.41) is 7.92. The van der Waals surface area contributed by atoms with Gasteiger partial charge in [0.25, 0.3) is 0 Å². The maximum Gasteiger partial charge on any atom is 0.220 e. The van der Waals surface area contributed by atoms with Crippen molar-refractivity contribution in [3.8, 4) is 0 Å². The minimum absolute atomic E-state index is 0.168. The van der Waals surface area contributed by atoms with Crippen LogP contribution in [0.1, 0.15) is 55.6 Å². The first kappa shape index (κ1) is 18.2. The predicted molar refractivity (Wildman–Crippen MR) is 104 cm³/mol. The molecule has 0 bridgehead atoms. The second kappa shape index (κ2) is 8.65. The summed E-state index contributed by atoms with van der Waals surface area (Å²) < 4.78 is 2.13. The van der Waals surface area contributed by atoms with Gasteiger partial charge in [0.15, 0.2) is 0 Å². The average Bonchev–Trinajstić information content (AvgIpc) is 3.27. The lowest BCUT2D eigenvalue weighted by Crippen LogP contribution is -2.32. The lowest BCUT2D eigenvalue weighted by Gasteiger charge is -2.18. The summed E-state index contributed by atoms with van der Waals surface area (Å²) in [6.45, 7) is 3.75. The average molecular weight is 367 g/mol. The Morgan fingerprint density at radius 2 is 2.04 bits per heavy atom. The SMILES string of the molecule is O=C(CCc1cc2n(n1)CCCN(Cc1ccccn1)C2)NC1CCCC1. The second-order valence-corrected chi connectivity index (χ2v) is 7.78. The molecule has 4 rings (SSSR count). The van der Waals surface area contributed by atoms with E-state index in [2.05, 4.69) is 32.0 Å². The molecule has 144 valence electrons. The maximum atomic E-state index is 12.2. The fourth-order valence-electron chi connectivity index (χ4n) is 4.18. The van der Waals surface area contributed by atoms with Crippen LogP contribution in [0.2, 0.25) is 0 Å². The number of carbonyl (C=O) groups excluding carboxylic acids is 1. The number of pyridine rings is 1. The lowest BCUT2D eigenvalue weighted by molar-refractivity contribution is -0.121. The van der Waals surface area contributed by atoms with Gasteiger partial charge in [-0.2, -0.15) is 5.10 Å². The molecule has 1 aliphatic carbocycles. The normalized spacial score (nSPS) is 18.2. The van der Waals surface area contributed by atoms with Crippen molar-refractivity contribution in [3.05, 3.63) is 47.5 Å². The van der Waals surface area contributed by atoms with E-state index in [0.717, 1.165) is 63.3 Å². The first-order chi connectivity index (χ1) is 13.3. The van der Waals surface area contributed by atoms with Crippen LogP contribution in [0.15, 0.2) is 30.5 Å². The van der Waals surface area contributed by atoms with Crippen molar-refractivity contribution in [1.82, 2.24) is 25.0 Å². The third kappa shape index (κ3) is 4.95. The third-order valence-corrected chi connectivity index (χ3v) is 5.58. The van der Waals surface area contributed by atoms with Crippen LogP contribution in [0.3, 0.4) is 0 Å². The van der Waals surface area contributed by atoms with Gasteiger partial charge in [-0.15, -0.1) is 0 Å². The van der Waals surface area contributed by atoms with E-state index in [1.807, 2.05) is 18.3 Å². The molecular weight excluding hydrogens is 338 g/mol. The maximum absolute atomic E-state index is 12.2. The molecule has 27 heavy (non-hydrogen) atoms. The Kier molecular flexibility index (Phi) is 5.82. The number of fused-ring (bicyclic) bond motifs is 1. The minimum atomic E-state index is 0.168. The Morgan fingerprint density at radius 3 is 2.85 bits per heavy atom. The van der Waals surface area contributed by atoms with Crippen LogP contribution < -0.4 is 5.32 Å². The monoisotopic (exact) mass is 367 g/mol. The molecule has 1 N–H and O–H groups in total. The molecule has 6 nitrogen and oxygen atoms in total. The van der Waals surface area contributed by atoms with Crippen molar-refractivity contribution in [3.63, 3.8) is 0 Å². The predicted octanol–water partition coefficient (Wildman–Crippen LogP) is 2.68. The van der Waals surface area contributed by atoms with Crippen LogP contribution in [-0.4, -0.2) is 38.2 Å². The standard InChI is InChI=1S/C21H29N5O/c27-21(23-17-6-1-2-7-17)10-9-18-14-20-16-25(12-5-13-26(20)24-18)15-19-8-3-4-11-22-19/h3-4,8,11,14,17H,1-2,5-7,9-10,12-13,15-16H2,(H,23,27). The van der Waals surface area contributed by atoms with Crippen molar-refractivity contribution in [2.24, 2.45) is 0 Å². The van der Waals surface area contributed by atoms with Gasteiger partial charge in [0.1, 0.15) is 0 Å². The van der Waals surface area contributed by atoms with Crippen molar-refractivity contribution in [2.45, 2.75) is 70.6 Å². The molecule has 1 fully saturated rings. The van der Waals surface area contributed by atoms with Crippen molar-refractivity contribution in [2.75, 3.05) is 6.54 Å². The number of carbonyl (C=O) groups is 1. The lowest BCUT2D eigenvalue weighted by atomic mass is 10.2. The molecule has 0 saturated heterocycles. The smallest absolute Gasteiger partial charge is 0.220 e. The van der Waals surface area contributed by atoms with Gasteiger partial charge >= 0.3 is 0 Å². The van der Waals surface area contributed by atoms with Gasteiger partial charge in [-0.1, -0.05) is 18.9 Å². The van der Waals surface area contributed by atoms with E-state index in [4.69, 9.17) is 5.10 Å². The van der Waals surface area contributed by atoms with Crippen LogP contribution in [0.4, 0.5) is 0 Å². The van der Waals surface area contributed by atoms with E-state index in [9.17, 15) is 4.79 Å². The topological polar surface area (TPSA) is 63.1 Å². The van der Waals surface area contributed by atoms with Crippen LogP contribution in [0.5, 0.6) is 0 Å². The molecule has 0 aromatic carbocycles. The van der Waals surface area contributed by atoms with Crippen LogP contribution in [0.25, 0.3) is 0 Å². The Balaban J connectivity index is 1.32. The molecule has 3 heterocycles. The molecule has 6 heteroatoms. The molecule has 0 radical (unpaired) electrons. The zero-order valence-corrected chi connectivity index (χ0v) is 15.9. The summed E-state index contributed by atoms with van der Waals surface area (Å²) in [6, 6.07) is 8.65. The highest BCUT2D eigenvalue weighted by Crippen LogP contribution is 2.19. The number of nitrogens with one attached hydrogen (secondary N) is 1. The van der Waals surface area contributed by atoms with Crippen LogP contribution >= 0.6 is 0 Å². The number of nitrogens with zero attached hydrogens (tertiary/aromatic N) is 4. The summed E-state index contributed by atoms with van der Waals surface area (Å²) in [4.78, 5) is 19.0. The third-order valence-electron chi connectivity index (χ3n) is 5.58. The molecule has 0 spiro atoms. The molecule has 1 aliphatic heterocycles. The summed E-state index contributed by atoms with van der Waals surface area (Å²) in [5.41, 5.74) is 3.38. The van der Waals surface area contributed by atoms with E-state index in [0.29, 0.717) is 12.5 Å². The molecule has 0 atom stereocenters. The number of amides is 1. The van der Waals surface area contributed by atoms with E-state index in [-0.39, 0.29) is 5.91 Å². The molecule has 0 unspecified atom stereocenters. The Hall–Kier alpha value is -2.21. The highest BCUT2D eigenvalue weighted by Gasteiger charge is 2.19. The Morgan fingerprint density at radius 1 is 1.15 bits per heavy atom. The molecule has 1 saturated carbocycles. The van der Waals surface area contributed by atoms with Gasteiger partial charge in [0, 0.05) is 51.3 Å². The summed E-state index contributed by atoms with van der Waals surface area (Å²) >= 11 is 0. The molecule has 2 aromatic heterocycles. The van der Waals surface area contributed by atoms with E-state index >= 15 is 0 Å². The number of hydrogen-bond acceptors (Lipinski definition) is 4. The highest BCUT2D eigenvalue weighted by molar-refractivity contribution is 5.76. The van der Waals surface area contributed by atoms with E-state index < -0.39 is 0 Å². The Labute approximate surface area is 161 Å². The van der Waals surface area contributed by atoms with E-state index in [1.165, 1.54) is 18.5 Å². The number of aryl methyl sites for hydroxylation is 2. The first-order valence-electron chi connectivity index (χ1n) is 10.2. The number of hydrogen-bond donors (Lipinski definition) is 1. The highest BCUT2D eigenvalue weighted by atomic mass is 16.1. The van der Waals surface area contributed by atoms with Gasteiger partial charge in [-0.25, -0.2) is 0 Å². The summed E-state index contributed by atoms with van der Waals surface area (Å²) in [5.74, 6) is 0.168. The van der Waals surface area contributed by atoms with Gasteiger partial charge in [0.05, 0.1) is 17.1 Å². The molecular formula is C21H29N5O. The Bertz CT molecular complexity index is 751. The van der Waals surface area contributed by atoms with Gasteiger partial charge < -0.3 is 5.32 Å². The van der Waals surface area contributed by atoms with Crippen molar-refractivity contribution < 1.29 is 4.79 Å². The zero-order valence-electron chi connectivity index (χ0n) is 15.9. The fourth-order valence-corrected chi connectivity index (χ4v) is 4.18. The summed E-state index contributed by atoms with van der Waals surface area (Å²) in [6.07, 6.45) is 8.95. The fraction of sp³-hybridized carbons (Fsp3) is 0.571. The quantitative estimate of drug-likeness (QED) is 0.853. The number of rotatable bonds is 6. The molecule has 2 aromatic rings. The van der Waals surface area contributed by atoms with Crippen LogP contribution in [-0.2, 0) is 30.8 Å². The van der Waals surface area contributed by atoms with Gasteiger partial charge in [0.2, 0.25) is 5.91 Å². The molecule has 2 aliphatic rings. The van der Waals surface area contributed by atoms with Crippen molar-refractivity contribution >= 4 is 5.91 Å².